The van der Waals surface area contributed by atoms with Crippen molar-refractivity contribution in [2.75, 3.05) is 0 Å². The lowest BCUT2D eigenvalue weighted by Crippen LogP contribution is -2.28. The molecule has 3 N–H and O–H groups in total. The topological polar surface area (TPSA) is 85.4 Å². The smallest absolute Gasteiger partial charge is 0.416 e. The van der Waals surface area contributed by atoms with E-state index in [0.29, 0.717) is 23.6 Å². The van der Waals surface area contributed by atoms with Crippen molar-refractivity contribution < 1.29 is 27.8 Å². The van der Waals surface area contributed by atoms with E-state index in [9.17, 15) is 13.2 Å². The van der Waals surface area contributed by atoms with Crippen molar-refractivity contribution in [2.45, 2.75) is 32.2 Å². The van der Waals surface area contributed by atoms with E-state index in [-0.39, 0.29) is 5.75 Å². The highest BCUT2D eigenvalue weighted by Crippen LogP contribution is 2.36. The number of carbonyl (C=O) groups is 1. The number of alkyl halides is 3. The normalized spacial score (nSPS) is 12.0. The monoisotopic (exact) mass is 406 g/mol. The van der Waals surface area contributed by atoms with Gasteiger partial charge in [0, 0.05) is 30.6 Å². The first-order chi connectivity index (χ1) is 13.7. The van der Waals surface area contributed by atoms with Gasteiger partial charge in [-0.05, 0) is 36.1 Å². The summed E-state index contributed by atoms with van der Waals surface area (Å²) >= 11 is 0. The highest BCUT2D eigenvalue weighted by molar-refractivity contribution is 5.89. The van der Waals surface area contributed by atoms with E-state index in [1.54, 1.807) is 30.5 Å². The lowest BCUT2D eigenvalue weighted by atomic mass is 10.1. The number of hydrogen-bond donors (Lipinski definition) is 2. The molecule has 0 saturated carbocycles. The number of nitrogens with two attached hydrogens (primary N) is 1. The molecule has 0 fully saturated rings. The van der Waals surface area contributed by atoms with Gasteiger partial charge in [-0.25, -0.2) is 0 Å². The summed E-state index contributed by atoms with van der Waals surface area (Å²) in [4.78, 5) is 13.2. The minimum absolute atomic E-state index is 0.138. The largest absolute Gasteiger partial charge is 0.481 e. The Morgan fingerprint density at radius 1 is 1.17 bits per heavy atom. The van der Waals surface area contributed by atoms with Gasteiger partial charge in [0.25, 0.3) is 5.97 Å². The van der Waals surface area contributed by atoms with Gasteiger partial charge in [-0.2, -0.15) is 13.2 Å². The number of hydrogen-bond acceptors (Lipinski definition) is 4. The number of carboxylic acid groups (broad SMARTS) is 1. The molecule has 0 aliphatic rings. The molecule has 2 aromatic carbocycles. The quantitative estimate of drug-likeness (QED) is 0.603. The first kappa shape index (κ1) is 22.2. The van der Waals surface area contributed by atoms with Gasteiger partial charge in [0.15, 0.2) is 0 Å². The van der Waals surface area contributed by atoms with Gasteiger partial charge in [-0.1, -0.05) is 30.3 Å². The SMILES string of the molecule is CC(=O)O.NC(CCc1ccccn1)Oc1cc(C(F)(F)F)cc2ccccc12. The van der Waals surface area contributed by atoms with Crippen molar-refractivity contribution in [1.29, 1.82) is 0 Å². The molecular weight excluding hydrogens is 385 g/mol. The average molecular weight is 406 g/mol. The molecule has 3 aromatic rings. The molecular formula is C21H21F3N2O3. The number of halogens is 3. The fraction of sp³-hybridized carbons (Fsp3) is 0.238. The van der Waals surface area contributed by atoms with E-state index in [0.717, 1.165) is 24.8 Å². The number of benzene rings is 2. The Kier molecular flexibility index (Phi) is 7.55. The molecule has 1 atom stereocenters. The second-order valence-electron chi connectivity index (χ2n) is 6.23. The van der Waals surface area contributed by atoms with Gasteiger partial charge in [0.1, 0.15) is 12.0 Å². The minimum Gasteiger partial charge on any atom is -0.481 e. The fourth-order valence-electron chi connectivity index (χ4n) is 2.59. The van der Waals surface area contributed by atoms with Gasteiger partial charge in [-0.3, -0.25) is 15.5 Å². The van der Waals surface area contributed by atoms with E-state index < -0.39 is 23.9 Å². The van der Waals surface area contributed by atoms with Crippen LogP contribution < -0.4 is 10.5 Å². The van der Waals surface area contributed by atoms with Crippen LogP contribution in [0.4, 0.5) is 13.2 Å². The number of aromatic nitrogens is 1. The Hall–Kier alpha value is -3.13. The van der Waals surface area contributed by atoms with E-state index in [1.165, 1.54) is 0 Å². The molecule has 8 heteroatoms. The third-order valence-corrected chi connectivity index (χ3v) is 3.84. The van der Waals surface area contributed by atoms with E-state index in [1.807, 2.05) is 18.2 Å². The molecule has 0 amide bonds. The zero-order chi connectivity index (χ0) is 21.4. The molecule has 154 valence electrons. The first-order valence-electron chi connectivity index (χ1n) is 8.78. The van der Waals surface area contributed by atoms with Crippen molar-refractivity contribution in [1.82, 2.24) is 4.98 Å². The van der Waals surface area contributed by atoms with E-state index in [2.05, 4.69) is 4.98 Å². The number of rotatable bonds is 5. The van der Waals surface area contributed by atoms with E-state index in [4.69, 9.17) is 20.4 Å². The molecule has 0 aliphatic carbocycles. The summed E-state index contributed by atoms with van der Waals surface area (Å²) in [6, 6.07) is 14.4. The Morgan fingerprint density at radius 3 is 2.45 bits per heavy atom. The van der Waals surface area contributed by atoms with Gasteiger partial charge in [-0.15, -0.1) is 0 Å². The van der Waals surface area contributed by atoms with Crippen LogP contribution in [-0.2, 0) is 17.4 Å². The summed E-state index contributed by atoms with van der Waals surface area (Å²) in [7, 11) is 0. The molecule has 1 unspecified atom stereocenters. The molecule has 1 heterocycles. The molecule has 0 radical (unpaired) electrons. The molecule has 0 aliphatic heterocycles. The molecule has 3 rings (SSSR count). The van der Waals surface area contributed by atoms with Crippen LogP contribution >= 0.6 is 0 Å². The third kappa shape index (κ3) is 7.08. The summed E-state index contributed by atoms with van der Waals surface area (Å²) in [5.74, 6) is -0.695. The second-order valence-corrected chi connectivity index (χ2v) is 6.23. The predicted molar refractivity (Wildman–Crippen MR) is 103 cm³/mol. The lowest BCUT2D eigenvalue weighted by Gasteiger charge is -2.18. The van der Waals surface area contributed by atoms with Gasteiger partial charge in [0.2, 0.25) is 0 Å². The van der Waals surface area contributed by atoms with Gasteiger partial charge >= 0.3 is 6.18 Å². The van der Waals surface area contributed by atoms with Crippen LogP contribution in [0.25, 0.3) is 10.8 Å². The summed E-state index contributed by atoms with van der Waals surface area (Å²) in [5.41, 5.74) is 6.08. The van der Waals surface area contributed by atoms with Crippen molar-refractivity contribution in [3.05, 3.63) is 72.1 Å². The molecule has 0 bridgehead atoms. The fourth-order valence-corrected chi connectivity index (χ4v) is 2.59. The van der Waals surface area contributed by atoms with Crippen molar-refractivity contribution in [3.63, 3.8) is 0 Å². The summed E-state index contributed by atoms with van der Waals surface area (Å²) < 4.78 is 45.0. The molecule has 5 nitrogen and oxygen atoms in total. The first-order valence-corrected chi connectivity index (χ1v) is 8.78. The number of fused-ring (bicyclic) bond motifs is 1. The minimum atomic E-state index is -4.44. The maximum atomic E-state index is 13.1. The Balaban J connectivity index is 0.000000687. The number of aryl methyl sites for hydroxylation is 1. The van der Waals surface area contributed by atoms with Crippen LogP contribution in [0.15, 0.2) is 60.8 Å². The van der Waals surface area contributed by atoms with Gasteiger partial charge in [0.05, 0.1) is 5.56 Å². The maximum absolute atomic E-state index is 13.1. The molecule has 29 heavy (non-hydrogen) atoms. The van der Waals surface area contributed by atoms with Crippen molar-refractivity contribution >= 4 is 16.7 Å². The highest BCUT2D eigenvalue weighted by atomic mass is 19.4. The summed E-state index contributed by atoms with van der Waals surface area (Å²) in [5, 5.41) is 8.48. The third-order valence-electron chi connectivity index (χ3n) is 3.84. The van der Waals surface area contributed by atoms with Crippen LogP contribution in [0, 0.1) is 0 Å². The number of ether oxygens (including phenoxy) is 1. The Labute approximate surface area is 165 Å². The molecule has 0 spiro atoms. The zero-order valence-corrected chi connectivity index (χ0v) is 15.7. The number of pyridine rings is 1. The zero-order valence-electron chi connectivity index (χ0n) is 15.7. The second kappa shape index (κ2) is 9.88. The van der Waals surface area contributed by atoms with E-state index >= 15 is 0 Å². The summed E-state index contributed by atoms with van der Waals surface area (Å²) in [6.07, 6.45) is -2.46. The number of aliphatic carboxylic acids is 1. The van der Waals surface area contributed by atoms with Crippen molar-refractivity contribution in [3.8, 4) is 5.75 Å². The maximum Gasteiger partial charge on any atom is 0.416 e. The lowest BCUT2D eigenvalue weighted by molar-refractivity contribution is -0.137. The molecule has 1 aromatic heterocycles. The van der Waals surface area contributed by atoms with Crippen LogP contribution in [0.2, 0.25) is 0 Å². The van der Waals surface area contributed by atoms with Crippen LogP contribution in [0.5, 0.6) is 5.75 Å². The number of carboxylic acids is 1. The highest BCUT2D eigenvalue weighted by Gasteiger charge is 2.31. The molecule has 0 saturated heterocycles. The van der Waals surface area contributed by atoms with Crippen LogP contribution in [0.1, 0.15) is 24.6 Å². The van der Waals surface area contributed by atoms with Gasteiger partial charge < -0.3 is 9.84 Å². The average Bonchev–Trinajstić information content (AvgIpc) is 2.66. The Bertz CT molecular complexity index is 943. The van der Waals surface area contributed by atoms with Crippen molar-refractivity contribution in [2.24, 2.45) is 5.73 Å². The predicted octanol–water partition coefficient (Wildman–Crippen LogP) is 4.64. The number of nitrogens with zero attached hydrogens (tertiary/aromatic N) is 1. The van der Waals surface area contributed by atoms with Crippen LogP contribution in [-0.4, -0.2) is 22.3 Å². The standard InChI is InChI=1S/C19H17F3N2O.C2H4O2/c20-19(21,22)14-11-13-5-1-2-7-16(13)17(12-14)25-18(23)9-8-15-6-3-4-10-24-15;1-2(3)4/h1-7,10-12,18H,8-9,23H2;1H3,(H,3,4). The Morgan fingerprint density at radius 2 is 1.83 bits per heavy atom. The van der Waals surface area contributed by atoms with Crippen LogP contribution in [0.3, 0.4) is 0 Å². The summed E-state index contributed by atoms with van der Waals surface area (Å²) in [6.45, 7) is 1.08.